The molecule has 0 spiro atoms. The number of carbonyl (C=O) groups is 3. The van der Waals surface area contributed by atoms with E-state index in [4.69, 9.17) is 4.74 Å². The largest absolute Gasteiger partial charge is 0.444 e. The number of aryl methyl sites for hydroxylation is 2. The van der Waals surface area contributed by atoms with E-state index in [2.05, 4.69) is 17.2 Å². The van der Waals surface area contributed by atoms with Crippen molar-refractivity contribution in [3.63, 3.8) is 0 Å². The third kappa shape index (κ3) is 7.76. The lowest BCUT2D eigenvalue weighted by atomic mass is 10.0. The van der Waals surface area contributed by atoms with Gasteiger partial charge < -0.3 is 20.3 Å². The van der Waals surface area contributed by atoms with E-state index < -0.39 is 23.6 Å². The van der Waals surface area contributed by atoms with Crippen LogP contribution in [-0.2, 0) is 20.7 Å². The van der Waals surface area contributed by atoms with Crippen LogP contribution in [0, 0.1) is 6.92 Å². The highest BCUT2D eigenvalue weighted by Crippen LogP contribution is 2.25. The summed E-state index contributed by atoms with van der Waals surface area (Å²) in [5, 5.41) is 5.43. The summed E-state index contributed by atoms with van der Waals surface area (Å²) >= 11 is 0. The summed E-state index contributed by atoms with van der Waals surface area (Å²) < 4.78 is 5.22. The predicted octanol–water partition coefficient (Wildman–Crippen LogP) is 4.78. The molecule has 0 saturated heterocycles. The van der Waals surface area contributed by atoms with E-state index in [0.717, 1.165) is 17.5 Å². The highest BCUT2D eigenvalue weighted by molar-refractivity contribution is 5.98. The Balaban J connectivity index is 2.34. The van der Waals surface area contributed by atoms with E-state index >= 15 is 0 Å². The molecular formula is C27H35N3O4. The van der Waals surface area contributed by atoms with Gasteiger partial charge in [0, 0.05) is 12.2 Å². The number of hydrogen-bond acceptors (Lipinski definition) is 4. The van der Waals surface area contributed by atoms with Crippen molar-refractivity contribution in [3.8, 4) is 0 Å². The number of para-hydroxylation sites is 1. The Hall–Kier alpha value is -3.61. The third-order valence-corrected chi connectivity index (χ3v) is 5.10. The standard InChI is InChI=1S/C27H35N3O4/c1-7-17-30(23(31)18-28-26(33)34-27(4,5)6)24(21-15-13-20(8-2)14-16-21)25(32)29-22-12-10-9-11-19(22)3/h7,9-16,24H,1,8,17-18H2,2-6H3,(H,28,33)(H,29,32). The van der Waals surface area contributed by atoms with Crippen LogP contribution in [0.3, 0.4) is 0 Å². The molecule has 0 bridgehead atoms. The van der Waals surface area contributed by atoms with Crippen LogP contribution in [-0.4, -0.2) is 41.5 Å². The lowest BCUT2D eigenvalue weighted by Gasteiger charge is -2.31. The number of benzene rings is 2. The fourth-order valence-corrected chi connectivity index (χ4v) is 3.38. The summed E-state index contributed by atoms with van der Waals surface area (Å²) in [7, 11) is 0. The molecule has 1 atom stereocenters. The molecule has 2 aromatic carbocycles. The van der Waals surface area contributed by atoms with Gasteiger partial charge in [0.2, 0.25) is 5.91 Å². The van der Waals surface area contributed by atoms with Crippen LogP contribution in [0.15, 0.2) is 61.2 Å². The molecule has 7 nitrogen and oxygen atoms in total. The SMILES string of the molecule is C=CCN(C(=O)CNC(=O)OC(C)(C)C)C(C(=O)Nc1ccccc1C)c1ccc(CC)cc1. The van der Waals surface area contributed by atoms with Gasteiger partial charge in [-0.15, -0.1) is 6.58 Å². The van der Waals surface area contributed by atoms with E-state index in [0.29, 0.717) is 11.3 Å². The zero-order valence-corrected chi connectivity index (χ0v) is 20.7. The molecular weight excluding hydrogens is 430 g/mol. The first-order valence-electron chi connectivity index (χ1n) is 11.4. The van der Waals surface area contributed by atoms with Crippen molar-refractivity contribution in [1.82, 2.24) is 10.2 Å². The lowest BCUT2D eigenvalue weighted by molar-refractivity contribution is -0.137. The second-order valence-electron chi connectivity index (χ2n) is 8.99. The van der Waals surface area contributed by atoms with Crippen molar-refractivity contribution in [1.29, 1.82) is 0 Å². The molecule has 1 unspecified atom stereocenters. The van der Waals surface area contributed by atoms with Crippen LogP contribution in [0.4, 0.5) is 10.5 Å². The van der Waals surface area contributed by atoms with E-state index in [1.165, 1.54) is 4.90 Å². The quantitative estimate of drug-likeness (QED) is 0.522. The molecule has 0 heterocycles. The van der Waals surface area contributed by atoms with Gasteiger partial charge in [-0.25, -0.2) is 4.79 Å². The highest BCUT2D eigenvalue weighted by atomic mass is 16.6. The first-order chi connectivity index (χ1) is 16.1. The molecule has 2 rings (SSSR count). The maximum absolute atomic E-state index is 13.5. The Morgan fingerprint density at radius 3 is 2.29 bits per heavy atom. The average Bonchev–Trinajstić information content (AvgIpc) is 2.78. The van der Waals surface area contributed by atoms with Crippen molar-refractivity contribution in [2.45, 2.75) is 52.7 Å². The summed E-state index contributed by atoms with van der Waals surface area (Å²) in [5.74, 6) is -0.790. The zero-order chi connectivity index (χ0) is 25.3. The summed E-state index contributed by atoms with van der Waals surface area (Å²) in [5.41, 5.74) is 2.67. The number of ether oxygens (including phenoxy) is 1. The van der Waals surface area contributed by atoms with Gasteiger partial charge >= 0.3 is 6.09 Å². The van der Waals surface area contributed by atoms with Gasteiger partial charge in [0.25, 0.3) is 5.91 Å². The maximum atomic E-state index is 13.5. The number of hydrogen-bond donors (Lipinski definition) is 2. The van der Waals surface area contributed by atoms with Gasteiger partial charge in [0.05, 0.1) is 0 Å². The van der Waals surface area contributed by atoms with Crippen LogP contribution in [0.2, 0.25) is 0 Å². The summed E-state index contributed by atoms with van der Waals surface area (Å²) in [6.07, 6.45) is 1.71. The zero-order valence-electron chi connectivity index (χ0n) is 20.7. The molecule has 0 aliphatic carbocycles. The van der Waals surface area contributed by atoms with Crippen LogP contribution in [0.5, 0.6) is 0 Å². The Morgan fingerprint density at radius 2 is 1.74 bits per heavy atom. The summed E-state index contributed by atoms with van der Waals surface area (Å²) in [4.78, 5) is 40.2. The molecule has 7 heteroatoms. The van der Waals surface area contributed by atoms with Crippen molar-refractivity contribution in [2.24, 2.45) is 0 Å². The van der Waals surface area contributed by atoms with Crippen LogP contribution >= 0.6 is 0 Å². The van der Waals surface area contributed by atoms with Crippen LogP contribution in [0.1, 0.15) is 50.4 Å². The molecule has 0 aromatic heterocycles. The number of alkyl carbamates (subject to hydrolysis) is 1. The van der Waals surface area contributed by atoms with Crippen molar-refractivity contribution < 1.29 is 19.1 Å². The number of carbonyl (C=O) groups excluding carboxylic acids is 3. The Morgan fingerprint density at radius 1 is 1.09 bits per heavy atom. The van der Waals surface area contributed by atoms with Gasteiger partial charge in [-0.3, -0.25) is 9.59 Å². The normalized spacial score (nSPS) is 11.8. The maximum Gasteiger partial charge on any atom is 0.408 e. The minimum absolute atomic E-state index is 0.121. The van der Waals surface area contributed by atoms with E-state index in [9.17, 15) is 14.4 Å². The van der Waals surface area contributed by atoms with Crippen molar-refractivity contribution >= 4 is 23.6 Å². The Kier molecular flexibility index (Phi) is 9.42. The van der Waals surface area contributed by atoms with Crippen LogP contribution < -0.4 is 10.6 Å². The van der Waals surface area contributed by atoms with E-state index in [1.54, 1.807) is 26.8 Å². The van der Waals surface area contributed by atoms with E-state index in [-0.39, 0.29) is 19.0 Å². The number of amides is 3. The van der Waals surface area contributed by atoms with E-state index in [1.807, 2.05) is 62.4 Å². The van der Waals surface area contributed by atoms with Gasteiger partial charge in [0.15, 0.2) is 0 Å². The summed E-state index contributed by atoms with van der Waals surface area (Å²) in [6.45, 7) is 12.7. The minimum Gasteiger partial charge on any atom is -0.444 e. The molecule has 0 radical (unpaired) electrons. The second kappa shape index (κ2) is 12.0. The molecule has 2 N–H and O–H groups in total. The fourth-order valence-electron chi connectivity index (χ4n) is 3.38. The first kappa shape index (κ1) is 26.6. The molecule has 0 saturated carbocycles. The van der Waals surface area contributed by atoms with Gasteiger partial charge in [-0.05, 0) is 56.9 Å². The molecule has 182 valence electrons. The minimum atomic E-state index is -0.920. The Labute approximate surface area is 202 Å². The number of anilines is 1. The number of nitrogens with zero attached hydrogens (tertiary/aromatic N) is 1. The number of rotatable bonds is 9. The second-order valence-corrected chi connectivity index (χ2v) is 8.99. The molecule has 34 heavy (non-hydrogen) atoms. The summed E-state index contributed by atoms with van der Waals surface area (Å²) in [6, 6.07) is 14.1. The Bertz CT molecular complexity index is 1010. The van der Waals surface area contributed by atoms with Gasteiger partial charge in [0.1, 0.15) is 18.2 Å². The number of nitrogens with one attached hydrogen (secondary N) is 2. The predicted molar refractivity (Wildman–Crippen MR) is 135 cm³/mol. The highest BCUT2D eigenvalue weighted by Gasteiger charge is 2.31. The molecule has 0 fully saturated rings. The molecule has 0 aliphatic heterocycles. The van der Waals surface area contributed by atoms with Crippen molar-refractivity contribution in [3.05, 3.63) is 77.9 Å². The van der Waals surface area contributed by atoms with Crippen molar-refractivity contribution in [2.75, 3.05) is 18.4 Å². The third-order valence-electron chi connectivity index (χ3n) is 5.10. The van der Waals surface area contributed by atoms with Crippen LogP contribution in [0.25, 0.3) is 0 Å². The molecule has 3 amide bonds. The fraction of sp³-hybridized carbons (Fsp3) is 0.370. The monoisotopic (exact) mass is 465 g/mol. The average molecular weight is 466 g/mol. The smallest absolute Gasteiger partial charge is 0.408 e. The first-order valence-corrected chi connectivity index (χ1v) is 11.4. The molecule has 0 aliphatic rings. The topological polar surface area (TPSA) is 87.7 Å². The lowest BCUT2D eigenvalue weighted by Crippen LogP contribution is -2.46. The van der Waals surface area contributed by atoms with Gasteiger partial charge in [-0.1, -0.05) is 55.5 Å². The van der Waals surface area contributed by atoms with Gasteiger partial charge in [-0.2, -0.15) is 0 Å². The molecule has 2 aromatic rings.